The van der Waals surface area contributed by atoms with Crippen molar-refractivity contribution in [1.29, 1.82) is 0 Å². The highest BCUT2D eigenvalue weighted by molar-refractivity contribution is 6.67. The van der Waals surface area contributed by atoms with E-state index in [2.05, 4.69) is 0 Å². The van der Waals surface area contributed by atoms with Crippen LogP contribution in [0.1, 0.15) is 20.3 Å². The van der Waals surface area contributed by atoms with Gasteiger partial charge in [-0.2, -0.15) is 0 Å². The Morgan fingerprint density at radius 3 is 2.22 bits per heavy atom. The van der Waals surface area contributed by atoms with Gasteiger partial charge in [0.2, 0.25) is 5.24 Å². The molecule has 0 N–H and O–H groups in total. The first kappa shape index (κ1) is 11.7. The number of carbonyl (C=O) groups is 1. The summed E-state index contributed by atoms with van der Waals surface area (Å²) in [6.07, 6.45) is 2.67. The van der Waals surface area contributed by atoms with Crippen molar-refractivity contribution in [3.63, 3.8) is 0 Å². The van der Waals surface area contributed by atoms with E-state index in [0.29, 0.717) is 5.57 Å². The van der Waals surface area contributed by atoms with Crippen LogP contribution < -0.4 is 0 Å². The van der Waals surface area contributed by atoms with Crippen molar-refractivity contribution in [1.82, 2.24) is 0 Å². The van der Waals surface area contributed by atoms with E-state index < -0.39 is 0 Å². The fourth-order valence-corrected chi connectivity index (χ4v) is 0.464. The number of allylic oxidation sites excluding steroid dienone is 2. The third-order valence-corrected chi connectivity index (χ3v) is 1.12. The summed E-state index contributed by atoms with van der Waals surface area (Å²) in [5.41, 5.74) is 0.633. The van der Waals surface area contributed by atoms with Crippen LogP contribution in [0, 0.1) is 0 Å². The number of hydrogen-bond acceptors (Lipinski definition) is 1. The molecule has 3 heteroatoms. The number of halogens is 2. The first-order valence-corrected chi connectivity index (χ1v) is 2.93. The predicted molar refractivity (Wildman–Crippen MR) is 42.2 cm³/mol. The maximum absolute atomic E-state index is 10.2. The van der Waals surface area contributed by atoms with Gasteiger partial charge in [0, 0.05) is 5.57 Å². The van der Waals surface area contributed by atoms with Crippen molar-refractivity contribution >= 4 is 29.3 Å². The monoisotopic (exact) mass is 168 g/mol. The molecule has 0 fully saturated rings. The molecule has 1 nitrogen and oxygen atoms in total. The molecule has 0 aliphatic carbocycles. The molecule has 0 heterocycles. The maximum atomic E-state index is 10.2. The summed E-state index contributed by atoms with van der Waals surface area (Å²) < 4.78 is 0. The standard InChI is InChI=1S/C6H9ClO.ClH/c1-3-4-5(2)6(7)8;/h4H,3H2,1-2H3;1H. The van der Waals surface area contributed by atoms with Gasteiger partial charge in [-0.25, -0.2) is 0 Å². The van der Waals surface area contributed by atoms with E-state index in [1.54, 1.807) is 13.0 Å². The van der Waals surface area contributed by atoms with Crippen LogP contribution in [0.2, 0.25) is 0 Å². The van der Waals surface area contributed by atoms with Crippen molar-refractivity contribution in [2.45, 2.75) is 20.3 Å². The molecule has 0 saturated carbocycles. The highest BCUT2D eigenvalue weighted by atomic mass is 35.5. The van der Waals surface area contributed by atoms with Gasteiger partial charge in [-0.1, -0.05) is 13.0 Å². The summed E-state index contributed by atoms with van der Waals surface area (Å²) in [6, 6.07) is 0. The van der Waals surface area contributed by atoms with E-state index in [0.717, 1.165) is 6.42 Å². The minimum Gasteiger partial charge on any atom is -0.276 e. The second-order valence-electron chi connectivity index (χ2n) is 1.57. The Morgan fingerprint density at radius 2 is 2.11 bits per heavy atom. The zero-order valence-corrected chi connectivity index (χ0v) is 7.05. The summed E-state index contributed by atoms with van der Waals surface area (Å²) in [5, 5.41) is -0.355. The molecule has 0 amide bonds. The third kappa shape index (κ3) is 5.87. The zero-order chi connectivity index (χ0) is 6.57. The smallest absolute Gasteiger partial charge is 0.247 e. The van der Waals surface area contributed by atoms with Crippen molar-refractivity contribution in [3.8, 4) is 0 Å². The largest absolute Gasteiger partial charge is 0.276 e. The van der Waals surface area contributed by atoms with E-state index in [-0.39, 0.29) is 17.6 Å². The van der Waals surface area contributed by atoms with Crippen LogP contribution in [-0.2, 0) is 4.79 Å². The lowest BCUT2D eigenvalue weighted by Crippen LogP contribution is -1.85. The van der Waals surface area contributed by atoms with Crippen LogP contribution in [0.25, 0.3) is 0 Å². The van der Waals surface area contributed by atoms with Crippen molar-refractivity contribution in [2.24, 2.45) is 0 Å². The van der Waals surface area contributed by atoms with Gasteiger partial charge in [0.1, 0.15) is 0 Å². The molecule has 9 heavy (non-hydrogen) atoms. The van der Waals surface area contributed by atoms with Crippen molar-refractivity contribution in [2.75, 3.05) is 0 Å². The second kappa shape index (κ2) is 6.12. The van der Waals surface area contributed by atoms with Crippen LogP contribution in [-0.4, -0.2) is 5.24 Å². The van der Waals surface area contributed by atoms with Crippen LogP contribution in [0.4, 0.5) is 0 Å². The van der Waals surface area contributed by atoms with E-state index in [4.69, 9.17) is 11.6 Å². The van der Waals surface area contributed by atoms with E-state index in [1.807, 2.05) is 6.92 Å². The fraction of sp³-hybridized carbons (Fsp3) is 0.500. The van der Waals surface area contributed by atoms with Gasteiger partial charge in [0.25, 0.3) is 0 Å². The normalized spacial score (nSPS) is 10.3. The molecule has 0 aromatic rings. The van der Waals surface area contributed by atoms with Gasteiger partial charge in [-0.3, -0.25) is 4.79 Å². The van der Waals surface area contributed by atoms with Gasteiger partial charge in [0.15, 0.2) is 0 Å². The molecule has 0 aromatic heterocycles. The third-order valence-electron chi connectivity index (χ3n) is 0.820. The summed E-state index contributed by atoms with van der Waals surface area (Å²) in [7, 11) is 0. The first-order chi connectivity index (χ1) is 3.68. The quantitative estimate of drug-likeness (QED) is 0.458. The molecule has 0 unspecified atom stereocenters. The van der Waals surface area contributed by atoms with Crippen molar-refractivity contribution < 1.29 is 4.79 Å². The van der Waals surface area contributed by atoms with Crippen LogP contribution >= 0.6 is 24.0 Å². The Bertz CT molecular complexity index is 118. The van der Waals surface area contributed by atoms with Gasteiger partial charge in [-0.05, 0) is 24.9 Å². The topological polar surface area (TPSA) is 17.1 Å². The van der Waals surface area contributed by atoms with Gasteiger partial charge in [0.05, 0.1) is 0 Å². The van der Waals surface area contributed by atoms with E-state index in [1.165, 1.54) is 0 Å². The lowest BCUT2D eigenvalue weighted by molar-refractivity contribution is -0.108. The number of carbonyl (C=O) groups excluding carboxylic acids is 1. The average molecular weight is 169 g/mol. The molecule has 0 atom stereocenters. The van der Waals surface area contributed by atoms with Crippen LogP contribution in [0.3, 0.4) is 0 Å². The SMILES string of the molecule is CCC=C(C)C(=O)Cl.Cl. The Morgan fingerprint density at radius 1 is 1.67 bits per heavy atom. The molecular weight excluding hydrogens is 159 g/mol. The Balaban J connectivity index is 0. The Labute approximate surface area is 66.5 Å². The lowest BCUT2D eigenvalue weighted by atomic mass is 10.3. The number of hydrogen-bond donors (Lipinski definition) is 0. The maximum Gasteiger partial charge on any atom is 0.247 e. The molecule has 0 aliphatic heterocycles. The van der Waals surface area contributed by atoms with E-state index >= 15 is 0 Å². The van der Waals surface area contributed by atoms with Gasteiger partial charge >= 0.3 is 0 Å². The summed E-state index contributed by atoms with van der Waals surface area (Å²) in [6.45, 7) is 3.67. The van der Waals surface area contributed by atoms with E-state index in [9.17, 15) is 4.79 Å². The minimum atomic E-state index is -0.355. The molecule has 0 aliphatic rings. The van der Waals surface area contributed by atoms with Gasteiger partial charge < -0.3 is 0 Å². The zero-order valence-electron chi connectivity index (χ0n) is 5.48. The Hall–Kier alpha value is -0.0100. The summed E-state index contributed by atoms with van der Waals surface area (Å²) in [5.74, 6) is 0. The molecule has 0 radical (unpaired) electrons. The average Bonchev–Trinajstić information content (AvgIpc) is 1.67. The Kier molecular flexibility index (Phi) is 7.98. The molecule has 0 aromatic carbocycles. The molecular formula is C6H10Cl2O. The highest BCUT2D eigenvalue weighted by Crippen LogP contribution is 1.98. The minimum absolute atomic E-state index is 0. The molecule has 0 rings (SSSR count). The fourth-order valence-electron chi connectivity index (χ4n) is 0.386. The lowest BCUT2D eigenvalue weighted by Gasteiger charge is -1.86. The predicted octanol–water partition coefficient (Wildman–Crippen LogP) is 2.53. The van der Waals surface area contributed by atoms with Crippen molar-refractivity contribution in [3.05, 3.63) is 11.6 Å². The summed E-state index contributed by atoms with van der Waals surface area (Å²) >= 11 is 5.10. The highest BCUT2D eigenvalue weighted by Gasteiger charge is 1.94. The van der Waals surface area contributed by atoms with Crippen LogP contribution in [0.5, 0.6) is 0 Å². The first-order valence-electron chi connectivity index (χ1n) is 2.55. The van der Waals surface area contributed by atoms with Gasteiger partial charge in [-0.15, -0.1) is 12.4 Å². The number of rotatable bonds is 2. The molecule has 0 bridgehead atoms. The second-order valence-corrected chi connectivity index (χ2v) is 1.91. The molecule has 0 saturated heterocycles. The molecule has 54 valence electrons. The molecule has 0 spiro atoms. The summed E-state index contributed by atoms with van der Waals surface area (Å²) in [4.78, 5) is 10.2. The van der Waals surface area contributed by atoms with Crippen LogP contribution in [0.15, 0.2) is 11.6 Å².